The van der Waals surface area contributed by atoms with Gasteiger partial charge in [-0.25, -0.2) is 0 Å². The Morgan fingerprint density at radius 1 is 0.450 bits per heavy atom. The molecule has 0 fully saturated rings. The van der Waals surface area contributed by atoms with Gasteiger partial charge in [0.1, 0.15) is 12.2 Å². The van der Waals surface area contributed by atoms with E-state index >= 15 is 0 Å². The number of carbonyl (C=O) groups is 1. The van der Waals surface area contributed by atoms with Crippen LogP contribution in [0.5, 0.6) is 0 Å². The molecule has 60 heavy (non-hydrogen) atoms. The van der Waals surface area contributed by atoms with Gasteiger partial charge in [0.05, 0.1) is 18.8 Å². The van der Waals surface area contributed by atoms with Gasteiger partial charge in [0, 0.05) is 0 Å². The van der Waals surface area contributed by atoms with E-state index in [0.29, 0.717) is 19.3 Å². The largest absolute Gasteiger partial charge is 0.394 e. The second kappa shape index (κ2) is 48.0. The molecule has 5 N–H and O–H groups in total. The molecule has 0 rings (SSSR count). The van der Waals surface area contributed by atoms with Gasteiger partial charge < -0.3 is 25.7 Å². The molecule has 0 bridgehead atoms. The molecule has 6 heteroatoms. The highest BCUT2D eigenvalue weighted by Crippen LogP contribution is 2.16. The van der Waals surface area contributed by atoms with Crippen LogP contribution in [0.3, 0.4) is 0 Å². The van der Waals surface area contributed by atoms with Gasteiger partial charge in [0.15, 0.2) is 0 Å². The van der Waals surface area contributed by atoms with E-state index in [0.717, 1.165) is 57.8 Å². The van der Waals surface area contributed by atoms with Crippen molar-refractivity contribution in [3.63, 3.8) is 0 Å². The van der Waals surface area contributed by atoms with E-state index in [4.69, 9.17) is 0 Å². The Bertz CT molecular complexity index is 1040. The van der Waals surface area contributed by atoms with Gasteiger partial charge in [0.2, 0.25) is 5.91 Å². The van der Waals surface area contributed by atoms with E-state index in [1.807, 2.05) is 6.92 Å². The van der Waals surface area contributed by atoms with Crippen molar-refractivity contribution < 1.29 is 25.2 Å². The lowest BCUT2D eigenvalue weighted by molar-refractivity contribution is -0.132. The van der Waals surface area contributed by atoms with Crippen LogP contribution >= 0.6 is 0 Å². The van der Waals surface area contributed by atoms with E-state index in [9.17, 15) is 25.2 Å². The Hall–Kier alpha value is -1.99. The van der Waals surface area contributed by atoms with E-state index in [2.05, 4.69) is 73.0 Å². The molecule has 0 spiro atoms. The molecule has 0 heterocycles. The van der Waals surface area contributed by atoms with Gasteiger partial charge >= 0.3 is 0 Å². The Labute approximate surface area is 372 Å². The summed E-state index contributed by atoms with van der Waals surface area (Å²) in [7, 11) is 0. The molecule has 0 saturated carbocycles. The number of allylic oxidation sites excluding steroid dienone is 10. The zero-order chi connectivity index (χ0) is 43.8. The lowest BCUT2D eigenvalue weighted by Gasteiger charge is -2.27. The third-order valence-electron chi connectivity index (χ3n) is 11.8. The minimum Gasteiger partial charge on any atom is -0.394 e. The fraction of sp³-hybridized carbons (Fsp3) is 0.796. The maximum atomic E-state index is 12.5. The number of aliphatic hydroxyl groups is 4. The summed E-state index contributed by atoms with van der Waals surface area (Å²) in [6.07, 6.45) is 61.6. The molecule has 0 aliphatic carbocycles. The molecule has 0 aromatic rings. The normalized spacial score (nSPS) is 14.4. The first kappa shape index (κ1) is 58.0. The minimum atomic E-state index is -1.29. The summed E-state index contributed by atoms with van der Waals surface area (Å²) in [6.45, 7) is 3.82. The van der Waals surface area contributed by atoms with E-state index < -0.39 is 36.9 Å². The minimum absolute atomic E-state index is 0.357. The molecule has 4 unspecified atom stereocenters. The summed E-state index contributed by atoms with van der Waals surface area (Å²) >= 11 is 0. The molecule has 1 amide bonds. The summed E-state index contributed by atoms with van der Waals surface area (Å²) in [6, 6.07) is -1.01. The third-order valence-corrected chi connectivity index (χ3v) is 11.8. The summed E-state index contributed by atoms with van der Waals surface area (Å²) in [5.41, 5.74) is 0. The fourth-order valence-electron chi connectivity index (χ4n) is 7.71. The van der Waals surface area contributed by atoms with Crippen molar-refractivity contribution in [3.05, 3.63) is 60.8 Å². The van der Waals surface area contributed by atoms with Crippen LogP contribution in [-0.2, 0) is 4.79 Å². The lowest BCUT2D eigenvalue weighted by atomic mass is 10.00. The molecule has 6 nitrogen and oxygen atoms in total. The first-order valence-electron chi connectivity index (χ1n) is 25.6. The Morgan fingerprint density at radius 3 is 1.25 bits per heavy atom. The van der Waals surface area contributed by atoms with Crippen LogP contribution < -0.4 is 5.32 Å². The zero-order valence-corrected chi connectivity index (χ0v) is 39.4. The van der Waals surface area contributed by atoms with Crippen LogP contribution in [0.4, 0.5) is 0 Å². The topological polar surface area (TPSA) is 110 Å². The molecule has 0 aromatic carbocycles. The van der Waals surface area contributed by atoms with Gasteiger partial charge in [-0.2, -0.15) is 0 Å². The number of unbranched alkanes of at least 4 members (excludes halogenated alkanes) is 28. The van der Waals surface area contributed by atoms with Gasteiger partial charge in [-0.1, -0.05) is 215 Å². The smallest absolute Gasteiger partial charge is 0.249 e. The number of hydrogen-bond donors (Lipinski definition) is 5. The molecule has 0 aliphatic rings. The zero-order valence-electron chi connectivity index (χ0n) is 39.4. The van der Waals surface area contributed by atoms with Crippen molar-refractivity contribution in [1.29, 1.82) is 0 Å². The molecule has 0 aliphatic heterocycles. The van der Waals surface area contributed by atoms with E-state index in [1.54, 1.807) is 0 Å². The van der Waals surface area contributed by atoms with E-state index in [1.165, 1.54) is 154 Å². The first-order chi connectivity index (χ1) is 29.5. The van der Waals surface area contributed by atoms with Crippen LogP contribution in [0.15, 0.2) is 60.8 Å². The maximum Gasteiger partial charge on any atom is 0.249 e. The van der Waals surface area contributed by atoms with Crippen molar-refractivity contribution >= 4 is 5.91 Å². The van der Waals surface area contributed by atoms with Gasteiger partial charge in [-0.15, -0.1) is 0 Å². The molecular weight excluding hydrogens is 743 g/mol. The Morgan fingerprint density at radius 2 is 0.817 bits per heavy atom. The van der Waals surface area contributed by atoms with Crippen molar-refractivity contribution in [1.82, 2.24) is 5.32 Å². The van der Waals surface area contributed by atoms with E-state index in [-0.39, 0.29) is 0 Å². The first-order valence-corrected chi connectivity index (χ1v) is 25.6. The van der Waals surface area contributed by atoms with Crippen molar-refractivity contribution in [2.24, 2.45) is 0 Å². The van der Waals surface area contributed by atoms with Crippen molar-refractivity contribution in [2.45, 2.75) is 269 Å². The highest BCUT2D eigenvalue weighted by molar-refractivity contribution is 5.80. The number of hydrogen-bond acceptors (Lipinski definition) is 5. The molecular formula is C54H99NO5. The summed E-state index contributed by atoms with van der Waals surface area (Å²) in [4.78, 5) is 12.5. The van der Waals surface area contributed by atoms with Gasteiger partial charge in [0.25, 0.3) is 0 Å². The SMILES string of the molecule is C/C=C/CC/C=C/CC/C=C/CCCC(O)C(O)C(CO)NC(=O)C(O)CCCCCCCCCCCCCCCCCC/C=C\C/C=C\CCCCCCCCCCC. The predicted octanol–water partition coefficient (Wildman–Crippen LogP) is 14.4. The van der Waals surface area contributed by atoms with Gasteiger partial charge in [-0.3, -0.25) is 4.79 Å². The maximum absolute atomic E-state index is 12.5. The summed E-state index contributed by atoms with van der Waals surface area (Å²) in [5, 5.41) is 43.7. The Balaban J connectivity index is 3.61. The fourth-order valence-corrected chi connectivity index (χ4v) is 7.71. The number of carbonyl (C=O) groups excluding carboxylic acids is 1. The third kappa shape index (κ3) is 41.4. The van der Waals surface area contributed by atoms with Crippen LogP contribution in [0, 0.1) is 0 Å². The second-order valence-corrected chi connectivity index (χ2v) is 17.5. The second-order valence-electron chi connectivity index (χ2n) is 17.5. The molecule has 0 radical (unpaired) electrons. The number of aliphatic hydroxyl groups excluding tert-OH is 4. The highest BCUT2D eigenvalue weighted by Gasteiger charge is 2.28. The van der Waals surface area contributed by atoms with Crippen LogP contribution in [0.2, 0.25) is 0 Å². The highest BCUT2D eigenvalue weighted by atomic mass is 16.3. The standard InChI is InChI=1S/C54H99NO5/c1-3-5-7-9-11-13-15-17-18-19-20-21-22-23-24-25-26-27-28-29-30-31-32-33-34-35-36-38-40-42-44-46-48-52(58)54(60)55-50(49-56)53(59)51(57)47-45-43-41-39-37-16-14-12-10-8-6-4-2/h4,6,12,14,20-21,23-24,39,41,50-53,56-59H,3,5,7-11,13,15-19,22,25-38,40,42-49H2,1-2H3,(H,55,60)/b6-4+,14-12+,21-20-,24-23-,41-39+. The van der Waals surface area contributed by atoms with Gasteiger partial charge in [-0.05, 0) is 90.4 Å². The molecule has 350 valence electrons. The predicted molar refractivity (Wildman–Crippen MR) is 260 cm³/mol. The number of nitrogens with one attached hydrogen (secondary N) is 1. The number of rotatable bonds is 46. The van der Waals surface area contributed by atoms with Crippen LogP contribution in [0.25, 0.3) is 0 Å². The lowest BCUT2D eigenvalue weighted by Crippen LogP contribution is -2.53. The van der Waals surface area contributed by atoms with Crippen molar-refractivity contribution in [2.75, 3.05) is 6.61 Å². The molecule has 4 atom stereocenters. The molecule has 0 aromatic heterocycles. The molecule has 0 saturated heterocycles. The summed E-state index contributed by atoms with van der Waals surface area (Å²) < 4.78 is 0. The average molecular weight is 842 g/mol. The monoisotopic (exact) mass is 842 g/mol. The average Bonchev–Trinajstić information content (AvgIpc) is 3.25. The van der Waals surface area contributed by atoms with Crippen LogP contribution in [-0.4, -0.2) is 57.3 Å². The quantitative estimate of drug-likeness (QED) is 0.0310. The van der Waals surface area contributed by atoms with Crippen LogP contribution in [0.1, 0.15) is 245 Å². The van der Waals surface area contributed by atoms with Crippen molar-refractivity contribution in [3.8, 4) is 0 Å². The number of amides is 1. The Kier molecular flexibility index (Phi) is 46.5. The summed E-state index contributed by atoms with van der Waals surface area (Å²) in [5.74, 6) is -0.601.